The summed E-state index contributed by atoms with van der Waals surface area (Å²) in [5.74, 6) is -0.313. The van der Waals surface area contributed by atoms with Crippen molar-refractivity contribution in [2.24, 2.45) is 0 Å². The van der Waals surface area contributed by atoms with E-state index in [9.17, 15) is 4.79 Å². The molecule has 0 aliphatic carbocycles. The first-order valence-corrected chi connectivity index (χ1v) is 5.21. The highest BCUT2D eigenvalue weighted by atomic mass is 16.6. The average molecular weight is 218 g/mol. The lowest BCUT2D eigenvalue weighted by Gasteiger charge is -2.23. The standard InChI is InChI=1S/C11H23NO3/c1-10(2,3)14-7-8(12)9(13)15-11(4,5)6/h8H,7,12H2,1-6H3/p+1/t8-/m0/s1. The molecule has 0 saturated heterocycles. The molecule has 0 rings (SSSR count). The number of quaternary nitrogens is 1. The molecule has 4 heteroatoms. The van der Waals surface area contributed by atoms with Crippen LogP contribution in [0.4, 0.5) is 0 Å². The van der Waals surface area contributed by atoms with Gasteiger partial charge in [-0.15, -0.1) is 0 Å². The average Bonchev–Trinajstić information content (AvgIpc) is 1.95. The summed E-state index contributed by atoms with van der Waals surface area (Å²) in [5, 5.41) is 0. The van der Waals surface area contributed by atoms with Crippen molar-refractivity contribution < 1.29 is 20.0 Å². The van der Waals surface area contributed by atoms with Crippen LogP contribution in [0.3, 0.4) is 0 Å². The van der Waals surface area contributed by atoms with Gasteiger partial charge >= 0.3 is 5.97 Å². The zero-order valence-electron chi connectivity index (χ0n) is 10.7. The third-order valence-corrected chi connectivity index (χ3v) is 1.46. The molecule has 0 unspecified atom stereocenters. The van der Waals surface area contributed by atoms with Gasteiger partial charge in [0.05, 0.1) is 5.60 Å². The van der Waals surface area contributed by atoms with E-state index < -0.39 is 11.6 Å². The van der Waals surface area contributed by atoms with Crippen LogP contribution in [0.2, 0.25) is 0 Å². The maximum Gasteiger partial charge on any atom is 0.367 e. The Bertz CT molecular complexity index is 213. The number of esters is 1. The van der Waals surface area contributed by atoms with Crippen molar-refractivity contribution in [2.45, 2.75) is 58.8 Å². The fourth-order valence-corrected chi connectivity index (χ4v) is 0.804. The van der Waals surface area contributed by atoms with Gasteiger partial charge in [0, 0.05) is 0 Å². The molecule has 90 valence electrons. The zero-order valence-corrected chi connectivity index (χ0v) is 10.7. The fraction of sp³-hybridized carbons (Fsp3) is 0.909. The molecule has 0 heterocycles. The summed E-state index contributed by atoms with van der Waals surface area (Å²) in [6.07, 6.45) is 0. The predicted octanol–water partition coefficient (Wildman–Crippen LogP) is 0.754. The number of carbonyl (C=O) groups excluding carboxylic acids is 1. The normalized spacial score (nSPS) is 14.9. The molecule has 0 aliphatic heterocycles. The first-order chi connectivity index (χ1) is 6.51. The molecule has 0 spiro atoms. The van der Waals surface area contributed by atoms with Gasteiger partial charge in [0.1, 0.15) is 12.2 Å². The van der Waals surface area contributed by atoms with Crippen molar-refractivity contribution in [3.8, 4) is 0 Å². The Morgan fingerprint density at radius 1 is 1.13 bits per heavy atom. The third kappa shape index (κ3) is 8.39. The summed E-state index contributed by atoms with van der Waals surface area (Å²) in [4.78, 5) is 11.5. The van der Waals surface area contributed by atoms with E-state index in [1.54, 1.807) is 0 Å². The van der Waals surface area contributed by atoms with Crippen LogP contribution < -0.4 is 5.73 Å². The minimum absolute atomic E-state index is 0.252. The van der Waals surface area contributed by atoms with Gasteiger partial charge in [-0.1, -0.05) is 0 Å². The monoisotopic (exact) mass is 218 g/mol. The number of ether oxygens (including phenoxy) is 2. The van der Waals surface area contributed by atoms with Gasteiger partial charge in [0.15, 0.2) is 0 Å². The molecule has 0 saturated carbocycles. The summed E-state index contributed by atoms with van der Waals surface area (Å²) >= 11 is 0. The highest BCUT2D eigenvalue weighted by Crippen LogP contribution is 2.10. The maximum atomic E-state index is 11.5. The number of hydrogen-bond acceptors (Lipinski definition) is 3. The second-order valence-electron chi connectivity index (χ2n) is 5.65. The van der Waals surface area contributed by atoms with Crippen LogP contribution in [0.25, 0.3) is 0 Å². The maximum absolute atomic E-state index is 11.5. The second-order valence-corrected chi connectivity index (χ2v) is 5.65. The van der Waals surface area contributed by atoms with Crippen LogP contribution >= 0.6 is 0 Å². The second kappa shape index (κ2) is 4.94. The smallest absolute Gasteiger partial charge is 0.367 e. The van der Waals surface area contributed by atoms with Crippen LogP contribution in [-0.2, 0) is 14.3 Å². The van der Waals surface area contributed by atoms with Gasteiger partial charge in [0.2, 0.25) is 6.04 Å². The van der Waals surface area contributed by atoms with Crippen molar-refractivity contribution in [3.63, 3.8) is 0 Å². The summed E-state index contributed by atoms with van der Waals surface area (Å²) in [6, 6.07) is -0.469. The molecule has 3 N–H and O–H groups in total. The predicted molar refractivity (Wildman–Crippen MR) is 58.2 cm³/mol. The molecule has 15 heavy (non-hydrogen) atoms. The molecule has 0 aromatic heterocycles. The molecule has 0 radical (unpaired) electrons. The molecular formula is C11H24NO3+. The molecule has 0 fully saturated rings. The molecule has 0 aliphatic rings. The quantitative estimate of drug-likeness (QED) is 0.711. The molecule has 1 atom stereocenters. The molecule has 0 bridgehead atoms. The van der Waals surface area contributed by atoms with Crippen LogP contribution in [0.1, 0.15) is 41.5 Å². The van der Waals surface area contributed by atoms with Crippen molar-refractivity contribution >= 4 is 5.97 Å². The SMILES string of the molecule is CC(C)(C)OC[C@H]([NH3+])C(=O)OC(C)(C)C. The lowest BCUT2D eigenvalue weighted by Crippen LogP contribution is -2.68. The lowest BCUT2D eigenvalue weighted by atomic mass is 10.2. The van der Waals surface area contributed by atoms with Gasteiger partial charge in [-0.25, -0.2) is 4.79 Å². The van der Waals surface area contributed by atoms with Gasteiger partial charge < -0.3 is 15.2 Å². The van der Waals surface area contributed by atoms with Crippen molar-refractivity contribution in [2.75, 3.05) is 6.61 Å². The van der Waals surface area contributed by atoms with Crippen molar-refractivity contribution in [3.05, 3.63) is 0 Å². The molecule has 0 aromatic carbocycles. The van der Waals surface area contributed by atoms with Crippen molar-refractivity contribution in [1.29, 1.82) is 0 Å². The Hall–Kier alpha value is -0.610. The first kappa shape index (κ1) is 14.4. The van der Waals surface area contributed by atoms with Gasteiger partial charge in [0.25, 0.3) is 0 Å². The number of hydrogen-bond donors (Lipinski definition) is 1. The lowest BCUT2D eigenvalue weighted by molar-refractivity contribution is -0.418. The third-order valence-electron chi connectivity index (χ3n) is 1.46. The Kier molecular flexibility index (Phi) is 4.74. The number of rotatable bonds is 3. The van der Waals surface area contributed by atoms with Gasteiger partial charge in [-0.3, -0.25) is 0 Å². The Labute approximate surface area is 92.1 Å². The van der Waals surface area contributed by atoms with E-state index >= 15 is 0 Å². The Morgan fingerprint density at radius 3 is 1.93 bits per heavy atom. The Balaban J connectivity index is 4.01. The van der Waals surface area contributed by atoms with E-state index in [2.05, 4.69) is 5.73 Å². The minimum Gasteiger partial charge on any atom is -0.456 e. The summed E-state index contributed by atoms with van der Waals surface area (Å²) in [6.45, 7) is 11.6. The van der Waals surface area contributed by atoms with Crippen LogP contribution in [0, 0.1) is 0 Å². The molecule has 0 amide bonds. The fourth-order valence-electron chi connectivity index (χ4n) is 0.804. The van der Waals surface area contributed by atoms with Crippen LogP contribution in [0.5, 0.6) is 0 Å². The van der Waals surface area contributed by atoms with E-state index in [0.717, 1.165) is 0 Å². The molecular weight excluding hydrogens is 194 g/mol. The van der Waals surface area contributed by atoms with E-state index in [1.807, 2.05) is 41.5 Å². The van der Waals surface area contributed by atoms with Gasteiger partial charge in [-0.2, -0.15) is 0 Å². The molecule has 0 aromatic rings. The van der Waals surface area contributed by atoms with Gasteiger partial charge in [-0.05, 0) is 41.5 Å². The zero-order chi connectivity index (χ0) is 12.3. The summed E-state index contributed by atoms with van der Waals surface area (Å²) in [5.41, 5.74) is 3.01. The summed E-state index contributed by atoms with van der Waals surface area (Å²) < 4.78 is 10.6. The van der Waals surface area contributed by atoms with E-state index in [-0.39, 0.29) is 11.6 Å². The van der Waals surface area contributed by atoms with Crippen LogP contribution in [0.15, 0.2) is 0 Å². The van der Waals surface area contributed by atoms with Crippen molar-refractivity contribution in [1.82, 2.24) is 0 Å². The Morgan fingerprint density at radius 2 is 1.60 bits per heavy atom. The van der Waals surface area contributed by atoms with E-state index in [4.69, 9.17) is 9.47 Å². The van der Waals surface area contributed by atoms with E-state index in [0.29, 0.717) is 6.61 Å². The van der Waals surface area contributed by atoms with Crippen LogP contribution in [-0.4, -0.2) is 29.8 Å². The highest BCUT2D eigenvalue weighted by molar-refractivity contribution is 5.74. The topological polar surface area (TPSA) is 63.2 Å². The largest absolute Gasteiger partial charge is 0.456 e. The molecule has 4 nitrogen and oxygen atoms in total. The number of carbonyl (C=O) groups is 1. The highest BCUT2D eigenvalue weighted by Gasteiger charge is 2.26. The summed E-state index contributed by atoms with van der Waals surface area (Å²) in [7, 11) is 0. The minimum atomic E-state index is -0.469. The first-order valence-electron chi connectivity index (χ1n) is 5.21. The van der Waals surface area contributed by atoms with E-state index in [1.165, 1.54) is 0 Å².